The molecule has 1 aromatic carbocycles. The monoisotopic (exact) mass is 341 g/mol. The van der Waals surface area contributed by atoms with Crippen LogP contribution in [0.4, 0.5) is 0 Å². The summed E-state index contributed by atoms with van der Waals surface area (Å²) in [5.74, 6) is 0.409. The molecule has 2 fully saturated rings. The van der Waals surface area contributed by atoms with E-state index in [2.05, 4.69) is 32.3 Å². The van der Waals surface area contributed by atoms with Gasteiger partial charge in [-0.05, 0) is 41.9 Å². The highest BCUT2D eigenvalue weighted by Crippen LogP contribution is 2.69. The van der Waals surface area contributed by atoms with E-state index < -0.39 is 0 Å². The van der Waals surface area contributed by atoms with Crippen molar-refractivity contribution in [2.24, 2.45) is 16.7 Å². The normalized spacial score (nSPS) is 24.7. The summed E-state index contributed by atoms with van der Waals surface area (Å²) in [5, 5.41) is 10.8. The van der Waals surface area contributed by atoms with Crippen LogP contribution in [0.3, 0.4) is 0 Å². The Hall–Kier alpha value is -1.81. The Labute approximate surface area is 148 Å². The number of ketones is 1. The molecule has 2 aliphatic rings. The molecule has 0 radical (unpaired) electrons. The Kier molecular flexibility index (Phi) is 3.56. The summed E-state index contributed by atoms with van der Waals surface area (Å²) in [4.78, 5) is 13.3. The van der Waals surface area contributed by atoms with Gasteiger partial charge >= 0.3 is 0 Å². The molecule has 25 heavy (non-hydrogen) atoms. The molecular formula is C21H27NO3. The van der Waals surface area contributed by atoms with Gasteiger partial charge in [0.05, 0.1) is 6.10 Å². The Balaban J connectivity index is 1.76. The highest BCUT2D eigenvalue weighted by molar-refractivity contribution is 6.11. The number of nitrogens with zero attached hydrogens (tertiary/aromatic N) is 1. The van der Waals surface area contributed by atoms with E-state index in [1.165, 1.54) is 0 Å². The lowest BCUT2D eigenvalue weighted by atomic mass is 10.0. The summed E-state index contributed by atoms with van der Waals surface area (Å²) >= 11 is 0. The standard InChI is InChI=1S/C21H27NO3/c1-20(2)19(21(20,3)4)18(24)16-12-22(11-14-6-5-9-25-14)17-8-7-13(23)10-15(16)17/h7-8,10,12,14,19,23H,5-6,9,11H2,1-4H3/t14-/m1/s1. The molecule has 134 valence electrons. The maximum atomic E-state index is 13.3. The van der Waals surface area contributed by atoms with Crippen molar-refractivity contribution < 1.29 is 14.6 Å². The van der Waals surface area contributed by atoms with Gasteiger partial charge in [0.25, 0.3) is 0 Å². The topological polar surface area (TPSA) is 51.5 Å². The molecule has 1 saturated carbocycles. The maximum Gasteiger partial charge on any atom is 0.169 e. The molecule has 4 nitrogen and oxygen atoms in total. The fourth-order valence-electron chi connectivity index (χ4n) is 4.65. The number of carbonyl (C=O) groups excluding carboxylic acids is 1. The number of phenols is 1. The first-order valence-electron chi connectivity index (χ1n) is 9.21. The van der Waals surface area contributed by atoms with Gasteiger partial charge < -0.3 is 14.4 Å². The van der Waals surface area contributed by atoms with E-state index in [0.717, 1.165) is 42.5 Å². The van der Waals surface area contributed by atoms with Crippen molar-refractivity contribution in [2.75, 3.05) is 6.61 Å². The third-order valence-corrected chi connectivity index (χ3v) is 6.84. The van der Waals surface area contributed by atoms with Crippen molar-refractivity contribution in [3.8, 4) is 5.75 Å². The summed E-state index contributed by atoms with van der Waals surface area (Å²) in [7, 11) is 0. The lowest BCUT2D eigenvalue weighted by molar-refractivity contribution is 0.0939. The molecule has 1 aliphatic carbocycles. The third kappa shape index (κ3) is 2.42. The van der Waals surface area contributed by atoms with Crippen LogP contribution in [0.5, 0.6) is 5.75 Å². The van der Waals surface area contributed by atoms with E-state index >= 15 is 0 Å². The van der Waals surface area contributed by atoms with E-state index in [0.29, 0.717) is 0 Å². The van der Waals surface area contributed by atoms with Crippen LogP contribution in [-0.4, -0.2) is 28.2 Å². The number of rotatable bonds is 4. The number of aromatic nitrogens is 1. The first-order chi connectivity index (χ1) is 11.7. The minimum absolute atomic E-state index is 0.00386. The summed E-state index contributed by atoms with van der Waals surface area (Å²) < 4.78 is 7.90. The van der Waals surface area contributed by atoms with Gasteiger partial charge in [0.1, 0.15) is 5.75 Å². The van der Waals surface area contributed by atoms with Crippen LogP contribution < -0.4 is 0 Å². The van der Waals surface area contributed by atoms with Crippen LogP contribution in [0.1, 0.15) is 50.9 Å². The Bertz CT molecular complexity index is 826. The molecular weight excluding hydrogens is 314 g/mol. The molecule has 2 aromatic rings. The van der Waals surface area contributed by atoms with Crippen molar-refractivity contribution in [1.82, 2.24) is 4.57 Å². The van der Waals surface area contributed by atoms with Gasteiger partial charge in [-0.3, -0.25) is 4.79 Å². The summed E-state index contributed by atoms with van der Waals surface area (Å²) in [5.41, 5.74) is 1.73. The number of benzene rings is 1. The fourth-order valence-corrected chi connectivity index (χ4v) is 4.65. The number of hydrogen-bond acceptors (Lipinski definition) is 3. The molecule has 1 N–H and O–H groups in total. The van der Waals surface area contributed by atoms with Gasteiger partial charge in [0, 0.05) is 41.7 Å². The summed E-state index contributed by atoms with van der Waals surface area (Å²) in [6.45, 7) is 10.2. The second-order valence-corrected chi connectivity index (χ2v) is 8.77. The zero-order valence-corrected chi connectivity index (χ0v) is 15.5. The zero-order chi connectivity index (χ0) is 18.0. The number of carbonyl (C=O) groups is 1. The molecule has 0 bridgehead atoms. The molecule has 1 saturated heterocycles. The van der Waals surface area contributed by atoms with E-state index in [1.54, 1.807) is 12.1 Å². The molecule has 2 heterocycles. The van der Waals surface area contributed by atoms with E-state index in [1.807, 2.05) is 12.3 Å². The van der Waals surface area contributed by atoms with E-state index in [9.17, 15) is 9.90 Å². The van der Waals surface area contributed by atoms with Crippen LogP contribution in [0.25, 0.3) is 10.9 Å². The van der Waals surface area contributed by atoms with Crippen LogP contribution in [0, 0.1) is 16.7 Å². The van der Waals surface area contributed by atoms with Crippen LogP contribution in [0.2, 0.25) is 0 Å². The predicted molar refractivity (Wildman–Crippen MR) is 98.0 cm³/mol. The molecule has 4 rings (SSSR count). The SMILES string of the molecule is CC1(C)C(C(=O)c2cn(C[C@H]3CCCO3)c3ccc(O)cc23)C1(C)C. The van der Waals surface area contributed by atoms with Gasteiger partial charge in [-0.2, -0.15) is 0 Å². The molecule has 0 amide bonds. The van der Waals surface area contributed by atoms with Gasteiger partial charge in [0.2, 0.25) is 0 Å². The third-order valence-electron chi connectivity index (χ3n) is 6.84. The number of ether oxygens (including phenoxy) is 1. The number of phenolic OH excluding ortho intramolecular Hbond substituents is 1. The zero-order valence-electron chi connectivity index (χ0n) is 15.5. The smallest absolute Gasteiger partial charge is 0.169 e. The Morgan fingerprint density at radius 1 is 1.28 bits per heavy atom. The summed E-state index contributed by atoms with van der Waals surface area (Å²) in [6, 6.07) is 5.31. The first-order valence-corrected chi connectivity index (χ1v) is 9.21. The van der Waals surface area contributed by atoms with Crippen molar-refractivity contribution in [2.45, 2.75) is 53.2 Å². The van der Waals surface area contributed by atoms with Gasteiger partial charge in [0.15, 0.2) is 5.78 Å². The maximum absolute atomic E-state index is 13.3. The van der Waals surface area contributed by atoms with E-state index in [-0.39, 0.29) is 34.4 Å². The van der Waals surface area contributed by atoms with E-state index in [4.69, 9.17) is 4.74 Å². The van der Waals surface area contributed by atoms with Gasteiger partial charge in [-0.15, -0.1) is 0 Å². The largest absolute Gasteiger partial charge is 0.508 e. The second kappa shape index (κ2) is 5.34. The average molecular weight is 341 g/mol. The second-order valence-electron chi connectivity index (χ2n) is 8.77. The molecule has 0 unspecified atom stereocenters. The first kappa shape index (κ1) is 16.6. The Morgan fingerprint density at radius 2 is 2.00 bits per heavy atom. The van der Waals surface area contributed by atoms with Crippen molar-refractivity contribution >= 4 is 16.7 Å². The Morgan fingerprint density at radius 3 is 2.60 bits per heavy atom. The molecule has 0 spiro atoms. The van der Waals surface area contributed by atoms with Gasteiger partial charge in [-0.1, -0.05) is 27.7 Å². The van der Waals surface area contributed by atoms with Crippen LogP contribution in [0.15, 0.2) is 24.4 Å². The number of aromatic hydroxyl groups is 1. The van der Waals surface area contributed by atoms with Gasteiger partial charge in [-0.25, -0.2) is 0 Å². The van der Waals surface area contributed by atoms with Crippen LogP contribution in [-0.2, 0) is 11.3 Å². The lowest BCUT2D eigenvalue weighted by Gasteiger charge is -2.11. The van der Waals surface area contributed by atoms with Crippen molar-refractivity contribution in [3.05, 3.63) is 30.0 Å². The quantitative estimate of drug-likeness (QED) is 0.839. The minimum Gasteiger partial charge on any atom is -0.508 e. The molecule has 4 heteroatoms. The highest BCUT2D eigenvalue weighted by Gasteiger charge is 2.68. The van der Waals surface area contributed by atoms with Crippen LogP contribution >= 0.6 is 0 Å². The molecule has 1 aromatic heterocycles. The van der Waals surface area contributed by atoms with Crippen molar-refractivity contribution in [1.29, 1.82) is 0 Å². The minimum atomic E-state index is 0.00386. The fraction of sp³-hybridized carbons (Fsp3) is 0.571. The number of Topliss-reactive ketones (excluding diaryl/α,β-unsaturated/α-hetero) is 1. The summed E-state index contributed by atoms with van der Waals surface area (Å²) in [6.07, 6.45) is 4.34. The lowest BCUT2D eigenvalue weighted by Crippen LogP contribution is -2.14. The molecule has 1 aliphatic heterocycles. The predicted octanol–water partition coefficient (Wildman–Crippen LogP) is 4.39. The van der Waals surface area contributed by atoms with Crippen molar-refractivity contribution in [3.63, 3.8) is 0 Å². The number of hydrogen-bond donors (Lipinski definition) is 1. The molecule has 1 atom stereocenters. The number of fused-ring (bicyclic) bond motifs is 1. The highest BCUT2D eigenvalue weighted by atomic mass is 16.5. The average Bonchev–Trinajstić information content (AvgIpc) is 2.99.